The third-order valence-corrected chi connectivity index (χ3v) is 7.23. The van der Waals surface area contributed by atoms with Gasteiger partial charge in [-0.1, -0.05) is 48.5 Å². The number of sulfonamides is 1. The molecule has 0 radical (unpaired) electrons. The number of benzene rings is 3. The fourth-order valence-electron chi connectivity index (χ4n) is 3.99. The molecular formula is C27H27N3O4S. The van der Waals surface area contributed by atoms with Crippen LogP contribution in [-0.2, 0) is 21.2 Å². The molecule has 0 saturated carbocycles. The van der Waals surface area contributed by atoms with Gasteiger partial charge in [-0.3, -0.25) is 9.78 Å². The van der Waals surface area contributed by atoms with Crippen molar-refractivity contribution in [1.82, 2.24) is 9.71 Å². The van der Waals surface area contributed by atoms with Crippen molar-refractivity contribution in [3.8, 4) is 5.75 Å². The number of para-hydroxylation sites is 1. The Morgan fingerprint density at radius 1 is 0.971 bits per heavy atom. The van der Waals surface area contributed by atoms with E-state index in [0.29, 0.717) is 28.9 Å². The number of carbonyl (C=O) groups is 1. The van der Waals surface area contributed by atoms with Crippen LogP contribution in [0.5, 0.6) is 5.75 Å². The van der Waals surface area contributed by atoms with E-state index in [2.05, 4.69) is 9.71 Å². The minimum Gasteiger partial charge on any atom is -0.497 e. The number of ether oxygens (including phenoxy) is 1. The molecule has 1 N–H and O–H groups in total. The van der Waals surface area contributed by atoms with Crippen LogP contribution in [0.15, 0.2) is 96.0 Å². The highest BCUT2D eigenvalue weighted by Crippen LogP contribution is 2.23. The predicted octanol–water partition coefficient (Wildman–Crippen LogP) is 4.19. The number of aromatic nitrogens is 1. The Morgan fingerprint density at radius 3 is 2.37 bits per heavy atom. The van der Waals surface area contributed by atoms with E-state index in [1.807, 2.05) is 37.3 Å². The van der Waals surface area contributed by atoms with Crippen LogP contribution in [0.4, 0.5) is 5.69 Å². The number of likely N-dealkylation sites (N-methyl/N-ethyl adjacent to an activating group) is 1. The van der Waals surface area contributed by atoms with E-state index in [-0.39, 0.29) is 17.2 Å². The first-order chi connectivity index (χ1) is 16.9. The van der Waals surface area contributed by atoms with Crippen LogP contribution in [0.2, 0.25) is 0 Å². The fourth-order valence-corrected chi connectivity index (χ4v) is 5.36. The Balaban J connectivity index is 1.71. The van der Waals surface area contributed by atoms with Crippen molar-refractivity contribution in [2.45, 2.75) is 24.3 Å². The van der Waals surface area contributed by atoms with Crippen molar-refractivity contribution >= 4 is 32.5 Å². The number of carbonyl (C=O) groups excluding carboxylic acids is 1. The summed E-state index contributed by atoms with van der Waals surface area (Å²) in [6.45, 7) is 2.22. The second kappa shape index (κ2) is 10.7. The maximum atomic E-state index is 13.8. The molecule has 8 heteroatoms. The molecule has 0 aliphatic carbocycles. The first-order valence-corrected chi connectivity index (χ1v) is 12.8. The second-order valence-corrected chi connectivity index (χ2v) is 9.66. The lowest BCUT2D eigenvalue weighted by Gasteiger charge is -2.27. The monoisotopic (exact) mass is 489 g/mol. The number of nitrogens with zero attached hydrogens (tertiary/aromatic N) is 2. The van der Waals surface area contributed by atoms with Gasteiger partial charge < -0.3 is 9.64 Å². The van der Waals surface area contributed by atoms with Gasteiger partial charge in [-0.25, -0.2) is 8.42 Å². The molecule has 1 heterocycles. The lowest BCUT2D eigenvalue weighted by molar-refractivity contribution is -0.120. The molecule has 0 fully saturated rings. The van der Waals surface area contributed by atoms with Crippen LogP contribution in [0.3, 0.4) is 0 Å². The number of fused-ring (bicyclic) bond motifs is 1. The Bertz CT molecular complexity index is 1400. The number of hydrogen-bond donors (Lipinski definition) is 1. The molecule has 4 rings (SSSR count). The molecule has 0 saturated heterocycles. The molecule has 35 heavy (non-hydrogen) atoms. The van der Waals surface area contributed by atoms with E-state index in [1.54, 1.807) is 66.7 Å². The number of nitrogens with one attached hydrogen (secondary N) is 1. The van der Waals surface area contributed by atoms with E-state index in [9.17, 15) is 13.2 Å². The molecule has 4 aromatic rings. The molecule has 0 aliphatic heterocycles. The van der Waals surface area contributed by atoms with Crippen LogP contribution < -0.4 is 14.4 Å². The lowest BCUT2D eigenvalue weighted by atomic mass is 10.1. The predicted molar refractivity (Wildman–Crippen MR) is 137 cm³/mol. The van der Waals surface area contributed by atoms with E-state index >= 15 is 0 Å². The van der Waals surface area contributed by atoms with Crippen molar-refractivity contribution in [3.63, 3.8) is 0 Å². The third kappa shape index (κ3) is 5.50. The van der Waals surface area contributed by atoms with Gasteiger partial charge in [0.25, 0.3) is 0 Å². The van der Waals surface area contributed by atoms with Gasteiger partial charge in [0.05, 0.1) is 12.6 Å². The van der Waals surface area contributed by atoms with Crippen molar-refractivity contribution in [3.05, 3.63) is 96.7 Å². The molecule has 180 valence electrons. The molecule has 7 nitrogen and oxygen atoms in total. The molecule has 1 aromatic heterocycles. The quantitative estimate of drug-likeness (QED) is 0.381. The van der Waals surface area contributed by atoms with Gasteiger partial charge in [-0.2, -0.15) is 4.72 Å². The maximum Gasteiger partial charge on any atom is 0.245 e. The zero-order valence-corrected chi connectivity index (χ0v) is 20.4. The highest BCUT2D eigenvalue weighted by molar-refractivity contribution is 7.89. The summed E-state index contributed by atoms with van der Waals surface area (Å²) in [6, 6.07) is 23.9. The first kappa shape index (κ1) is 24.4. The summed E-state index contributed by atoms with van der Waals surface area (Å²) >= 11 is 0. The van der Waals surface area contributed by atoms with Gasteiger partial charge >= 0.3 is 0 Å². The summed E-state index contributed by atoms with van der Waals surface area (Å²) in [7, 11) is -2.49. The van der Waals surface area contributed by atoms with Gasteiger partial charge in [-0.15, -0.1) is 0 Å². The van der Waals surface area contributed by atoms with Crippen molar-refractivity contribution in [1.29, 1.82) is 0 Å². The Morgan fingerprint density at radius 2 is 1.69 bits per heavy atom. The molecule has 1 atom stereocenters. The fraction of sp³-hybridized carbons (Fsp3) is 0.185. The summed E-state index contributed by atoms with van der Waals surface area (Å²) in [5, 5.41) is 0.703. The number of anilines is 1. The van der Waals surface area contributed by atoms with Crippen molar-refractivity contribution < 1.29 is 17.9 Å². The van der Waals surface area contributed by atoms with Crippen LogP contribution in [0.1, 0.15) is 12.5 Å². The van der Waals surface area contributed by atoms with Crippen molar-refractivity contribution in [2.75, 3.05) is 18.6 Å². The molecular weight excluding hydrogens is 462 g/mol. The number of pyridine rings is 1. The standard InChI is InChI=1S/C27H27N3O4S/c1-3-30(22-14-16-23(34-2)17-15-22)27(31)24(19-20-9-5-4-6-10-20)29-35(32,33)25-13-7-11-21-12-8-18-28-26(21)25/h4-18,24,29H,3,19H2,1-2H3/t24-/m1/s1. The first-order valence-electron chi connectivity index (χ1n) is 11.3. The van der Waals surface area contributed by atoms with Crippen molar-refractivity contribution in [2.24, 2.45) is 0 Å². The van der Waals surface area contributed by atoms with Gasteiger partial charge in [0, 0.05) is 23.8 Å². The van der Waals surface area contributed by atoms with Crippen LogP contribution >= 0.6 is 0 Å². The normalized spacial score (nSPS) is 12.3. The zero-order valence-electron chi connectivity index (χ0n) is 19.6. The minimum absolute atomic E-state index is 0.0361. The largest absolute Gasteiger partial charge is 0.497 e. The molecule has 0 bridgehead atoms. The lowest BCUT2D eigenvalue weighted by Crippen LogP contribution is -2.50. The smallest absolute Gasteiger partial charge is 0.245 e. The Hall–Kier alpha value is -3.75. The molecule has 1 amide bonds. The van der Waals surface area contributed by atoms with Gasteiger partial charge in [0.2, 0.25) is 15.9 Å². The van der Waals surface area contributed by atoms with E-state index in [0.717, 1.165) is 5.56 Å². The minimum atomic E-state index is -4.07. The second-order valence-electron chi connectivity index (χ2n) is 7.98. The van der Waals surface area contributed by atoms with Gasteiger partial charge in [0.1, 0.15) is 16.7 Å². The van der Waals surface area contributed by atoms with E-state index in [1.165, 1.54) is 6.07 Å². The summed E-state index contributed by atoms with van der Waals surface area (Å²) in [4.78, 5) is 19.6. The maximum absolute atomic E-state index is 13.8. The highest BCUT2D eigenvalue weighted by atomic mass is 32.2. The van der Waals surface area contributed by atoms with E-state index < -0.39 is 16.1 Å². The van der Waals surface area contributed by atoms with Crippen LogP contribution in [-0.4, -0.2) is 39.0 Å². The zero-order chi connectivity index (χ0) is 24.8. The third-order valence-electron chi connectivity index (χ3n) is 5.73. The summed E-state index contributed by atoms with van der Waals surface area (Å²) in [5.74, 6) is 0.320. The number of rotatable bonds is 9. The van der Waals surface area contributed by atoms with Gasteiger partial charge in [-0.05, 0) is 55.3 Å². The number of hydrogen-bond acceptors (Lipinski definition) is 5. The topological polar surface area (TPSA) is 88.6 Å². The number of methoxy groups -OCH3 is 1. The summed E-state index contributed by atoms with van der Waals surface area (Å²) < 4.78 is 35.0. The molecule has 0 spiro atoms. The van der Waals surface area contributed by atoms with Gasteiger partial charge in [0.15, 0.2) is 0 Å². The average Bonchev–Trinajstić information content (AvgIpc) is 2.89. The number of amides is 1. The van der Waals surface area contributed by atoms with Crippen LogP contribution in [0.25, 0.3) is 10.9 Å². The Kier molecular flexibility index (Phi) is 7.43. The average molecular weight is 490 g/mol. The Labute approximate surface area is 205 Å². The molecule has 0 unspecified atom stereocenters. The molecule has 3 aromatic carbocycles. The highest BCUT2D eigenvalue weighted by Gasteiger charge is 2.31. The molecule has 0 aliphatic rings. The summed E-state index contributed by atoms with van der Waals surface area (Å²) in [6.07, 6.45) is 1.75. The SMILES string of the molecule is CCN(C(=O)[C@@H](Cc1ccccc1)NS(=O)(=O)c1cccc2cccnc12)c1ccc(OC)cc1. The van der Waals surface area contributed by atoms with Crippen LogP contribution in [0, 0.1) is 0 Å². The summed E-state index contributed by atoms with van der Waals surface area (Å²) in [5.41, 5.74) is 1.86. The van der Waals surface area contributed by atoms with E-state index in [4.69, 9.17) is 4.74 Å².